The summed E-state index contributed by atoms with van der Waals surface area (Å²) in [5, 5.41) is 0.768. The lowest BCUT2D eigenvalue weighted by molar-refractivity contribution is 0.0563. The van der Waals surface area contributed by atoms with Gasteiger partial charge in [0.25, 0.3) is 0 Å². The summed E-state index contributed by atoms with van der Waals surface area (Å²) in [6.07, 6.45) is 3.30. The van der Waals surface area contributed by atoms with Crippen LogP contribution in [0.1, 0.15) is 39.7 Å². The van der Waals surface area contributed by atoms with E-state index in [4.69, 9.17) is 4.42 Å². The molecule has 2 aromatic rings. The van der Waals surface area contributed by atoms with E-state index in [9.17, 15) is 4.79 Å². The van der Waals surface area contributed by atoms with Crippen molar-refractivity contribution in [3.63, 3.8) is 0 Å². The number of furan rings is 1. The third-order valence-corrected chi connectivity index (χ3v) is 4.38. The van der Waals surface area contributed by atoms with Crippen molar-refractivity contribution in [2.24, 2.45) is 0 Å². The zero-order valence-electron chi connectivity index (χ0n) is 12.0. The van der Waals surface area contributed by atoms with E-state index in [0.29, 0.717) is 11.5 Å². The van der Waals surface area contributed by atoms with E-state index >= 15 is 0 Å². The highest BCUT2D eigenvalue weighted by Crippen LogP contribution is 2.27. The van der Waals surface area contributed by atoms with Gasteiger partial charge in [-0.25, -0.2) is 14.8 Å². The second-order valence-corrected chi connectivity index (χ2v) is 5.86. The number of thioether (sulfide) groups is 1. The summed E-state index contributed by atoms with van der Waals surface area (Å²) in [7, 11) is 1.33. The van der Waals surface area contributed by atoms with Crippen LogP contribution in [0.2, 0.25) is 0 Å². The molecule has 0 radical (unpaired) electrons. The van der Waals surface area contributed by atoms with Gasteiger partial charge in [0.15, 0.2) is 5.16 Å². The van der Waals surface area contributed by atoms with Gasteiger partial charge in [-0.2, -0.15) is 0 Å². The molecule has 1 aliphatic carbocycles. The van der Waals surface area contributed by atoms with Crippen molar-refractivity contribution in [3.05, 3.63) is 40.6 Å². The number of fused-ring (bicyclic) bond motifs is 1. The normalized spacial score (nSPS) is 13.2. The standard InChI is InChI=1S/C15H16N2O3S/c1-9-11-4-3-5-12(11)17-15(16-9)21-8-10-6-7-13(20-10)14(18)19-2/h6-7H,3-5,8H2,1-2H3. The fraction of sp³-hybridized carbons (Fsp3) is 0.400. The maximum absolute atomic E-state index is 11.3. The Balaban J connectivity index is 1.69. The molecule has 6 heteroatoms. The van der Waals surface area contributed by atoms with Gasteiger partial charge in [0.1, 0.15) is 5.76 Å². The minimum atomic E-state index is -0.462. The quantitative estimate of drug-likeness (QED) is 0.491. The number of hydrogen-bond donors (Lipinski definition) is 0. The Hall–Kier alpha value is -1.82. The molecule has 0 spiro atoms. The van der Waals surface area contributed by atoms with Crippen LogP contribution in [0, 0.1) is 6.92 Å². The van der Waals surface area contributed by atoms with Crippen molar-refractivity contribution in [1.82, 2.24) is 9.97 Å². The van der Waals surface area contributed by atoms with Gasteiger partial charge in [0.05, 0.1) is 12.9 Å². The number of hydrogen-bond acceptors (Lipinski definition) is 6. The molecule has 0 fully saturated rings. The van der Waals surface area contributed by atoms with Gasteiger partial charge >= 0.3 is 5.97 Å². The lowest BCUT2D eigenvalue weighted by atomic mass is 10.2. The first-order valence-electron chi connectivity index (χ1n) is 6.83. The van der Waals surface area contributed by atoms with Crippen LogP contribution in [-0.2, 0) is 23.3 Å². The molecule has 0 saturated heterocycles. The molecule has 5 nitrogen and oxygen atoms in total. The van der Waals surface area contributed by atoms with E-state index < -0.39 is 5.97 Å². The summed E-state index contributed by atoms with van der Waals surface area (Å²) in [6, 6.07) is 3.40. The van der Waals surface area contributed by atoms with Crippen LogP contribution in [0.3, 0.4) is 0 Å². The van der Waals surface area contributed by atoms with Gasteiger partial charge in [-0.1, -0.05) is 11.8 Å². The second-order valence-electron chi connectivity index (χ2n) is 4.92. The van der Waals surface area contributed by atoms with Crippen LogP contribution >= 0.6 is 11.8 Å². The van der Waals surface area contributed by atoms with Crippen molar-refractivity contribution in [2.45, 2.75) is 37.1 Å². The molecule has 0 aromatic carbocycles. The molecule has 0 unspecified atom stereocenters. The van der Waals surface area contributed by atoms with Crippen molar-refractivity contribution in [3.8, 4) is 0 Å². The monoisotopic (exact) mass is 304 g/mol. The molecular formula is C15H16N2O3S. The molecule has 2 aromatic heterocycles. The Morgan fingerprint density at radius 3 is 3.05 bits per heavy atom. The Labute approximate surface area is 127 Å². The van der Waals surface area contributed by atoms with Crippen LogP contribution in [0.5, 0.6) is 0 Å². The zero-order chi connectivity index (χ0) is 14.8. The third-order valence-electron chi connectivity index (χ3n) is 3.51. The Kier molecular flexibility index (Phi) is 3.96. The Bertz CT molecular complexity index is 682. The smallest absolute Gasteiger partial charge is 0.373 e. The number of aryl methyl sites for hydroxylation is 2. The SMILES string of the molecule is COC(=O)c1ccc(CSc2nc(C)c3c(n2)CCC3)o1. The van der Waals surface area contributed by atoms with Crippen LogP contribution in [0.15, 0.2) is 21.7 Å². The average molecular weight is 304 g/mol. The fourth-order valence-corrected chi connectivity index (χ4v) is 3.26. The number of nitrogens with zero attached hydrogens (tertiary/aromatic N) is 2. The molecule has 0 atom stereocenters. The molecule has 0 bridgehead atoms. The van der Waals surface area contributed by atoms with Crippen LogP contribution in [0.4, 0.5) is 0 Å². The fourth-order valence-electron chi connectivity index (χ4n) is 2.46. The molecular weight excluding hydrogens is 288 g/mol. The van der Waals surface area contributed by atoms with Gasteiger partial charge in [0, 0.05) is 11.4 Å². The Morgan fingerprint density at radius 2 is 2.24 bits per heavy atom. The summed E-state index contributed by atoms with van der Waals surface area (Å²) in [5.74, 6) is 1.06. The van der Waals surface area contributed by atoms with Gasteiger partial charge in [-0.15, -0.1) is 0 Å². The topological polar surface area (TPSA) is 65.2 Å². The summed E-state index contributed by atoms with van der Waals surface area (Å²) in [6.45, 7) is 2.04. The van der Waals surface area contributed by atoms with Crippen LogP contribution < -0.4 is 0 Å². The molecule has 0 aliphatic heterocycles. The van der Waals surface area contributed by atoms with Gasteiger partial charge in [-0.05, 0) is 43.9 Å². The number of carbonyl (C=O) groups excluding carboxylic acids is 1. The molecule has 0 N–H and O–H groups in total. The number of rotatable bonds is 4. The molecule has 1 aliphatic rings. The second kappa shape index (κ2) is 5.89. The lowest BCUT2D eigenvalue weighted by Gasteiger charge is -2.05. The molecule has 21 heavy (non-hydrogen) atoms. The van der Waals surface area contributed by atoms with E-state index in [0.717, 1.165) is 23.7 Å². The number of ether oxygens (including phenoxy) is 1. The third kappa shape index (κ3) is 2.95. The highest BCUT2D eigenvalue weighted by Gasteiger charge is 2.17. The van der Waals surface area contributed by atoms with Crippen LogP contribution in [0.25, 0.3) is 0 Å². The molecule has 2 heterocycles. The first kappa shape index (κ1) is 14.1. The molecule has 3 rings (SSSR count). The maximum Gasteiger partial charge on any atom is 0.373 e. The van der Waals surface area contributed by atoms with Crippen molar-refractivity contribution in [2.75, 3.05) is 7.11 Å². The van der Waals surface area contributed by atoms with Gasteiger partial charge in [-0.3, -0.25) is 0 Å². The average Bonchev–Trinajstić information content (AvgIpc) is 3.13. The Morgan fingerprint density at radius 1 is 1.38 bits per heavy atom. The zero-order valence-corrected chi connectivity index (χ0v) is 12.8. The maximum atomic E-state index is 11.3. The van der Waals surface area contributed by atoms with E-state index in [2.05, 4.69) is 14.7 Å². The predicted molar refractivity (Wildman–Crippen MR) is 78.4 cm³/mol. The van der Waals surface area contributed by atoms with E-state index in [1.54, 1.807) is 12.1 Å². The predicted octanol–water partition coefficient (Wildman–Crippen LogP) is 2.95. The van der Waals surface area contributed by atoms with E-state index in [1.807, 2.05) is 6.92 Å². The van der Waals surface area contributed by atoms with Gasteiger partial charge < -0.3 is 9.15 Å². The number of carbonyl (C=O) groups is 1. The van der Waals surface area contributed by atoms with Gasteiger partial charge in [0.2, 0.25) is 5.76 Å². The minimum absolute atomic E-state index is 0.221. The summed E-state index contributed by atoms with van der Waals surface area (Å²) in [4.78, 5) is 20.5. The number of methoxy groups -OCH3 is 1. The first-order valence-corrected chi connectivity index (χ1v) is 7.82. The minimum Gasteiger partial charge on any atom is -0.463 e. The number of esters is 1. The largest absolute Gasteiger partial charge is 0.463 e. The number of aromatic nitrogens is 2. The summed E-state index contributed by atoms with van der Waals surface area (Å²) >= 11 is 1.52. The first-order chi connectivity index (χ1) is 10.2. The van der Waals surface area contributed by atoms with E-state index in [1.165, 1.54) is 36.5 Å². The van der Waals surface area contributed by atoms with Crippen molar-refractivity contribution in [1.29, 1.82) is 0 Å². The molecule has 110 valence electrons. The molecule has 0 saturated carbocycles. The summed E-state index contributed by atoms with van der Waals surface area (Å²) < 4.78 is 10.0. The highest BCUT2D eigenvalue weighted by molar-refractivity contribution is 7.98. The highest BCUT2D eigenvalue weighted by atomic mass is 32.2. The van der Waals surface area contributed by atoms with Crippen molar-refractivity contribution >= 4 is 17.7 Å². The van der Waals surface area contributed by atoms with Crippen LogP contribution in [-0.4, -0.2) is 23.0 Å². The van der Waals surface area contributed by atoms with E-state index in [-0.39, 0.29) is 5.76 Å². The lowest BCUT2D eigenvalue weighted by Crippen LogP contribution is -1.99. The molecule has 0 amide bonds. The summed E-state index contributed by atoms with van der Waals surface area (Å²) in [5.41, 5.74) is 3.57. The van der Waals surface area contributed by atoms with Crippen molar-refractivity contribution < 1.29 is 13.9 Å².